The Morgan fingerprint density at radius 2 is 1.54 bits per heavy atom. The van der Waals surface area contributed by atoms with Gasteiger partial charge in [0.2, 0.25) is 11.8 Å². The molecule has 0 saturated carbocycles. The van der Waals surface area contributed by atoms with E-state index in [2.05, 4.69) is 5.32 Å². The molecule has 8 nitrogen and oxygen atoms in total. The van der Waals surface area contributed by atoms with Crippen LogP contribution in [0.5, 0.6) is 5.75 Å². The third-order valence-electron chi connectivity index (χ3n) is 6.25. The van der Waals surface area contributed by atoms with E-state index in [1.54, 1.807) is 42.5 Å². The summed E-state index contributed by atoms with van der Waals surface area (Å²) in [5.41, 5.74) is 2.13. The fourth-order valence-corrected chi connectivity index (χ4v) is 5.70. The van der Waals surface area contributed by atoms with Gasteiger partial charge in [0.1, 0.15) is 18.3 Å². The highest BCUT2D eigenvalue weighted by Crippen LogP contribution is 2.32. The molecule has 3 rings (SSSR count). The van der Waals surface area contributed by atoms with Crippen LogP contribution in [0.25, 0.3) is 0 Å². The fraction of sp³-hybridized carbons (Fsp3) is 0.333. The molecule has 0 fully saturated rings. The number of hydrogen-bond acceptors (Lipinski definition) is 5. The minimum absolute atomic E-state index is 0.0402. The van der Waals surface area contributed by atoms with Gasteiger partial charge in [-0.05, 0) is 57.0 Å². The summed E-state index contributed by atoms with van der Waals surface area (Å²) in [5, 5.41) is 2.90. The van der Waals surface area contributed by atoms with Crippen molar-refractivity contribution in [3.05, 3.63) is 90.0 Å². The van der Waals surface area contributed by atoms with Crippen molar-refractivity contribution in [2.45, 2.75) is 57.6 Å². The van der Waals surface area contributed by atoms with E-state index in [4.69, 9.17) is 4.74 Å². The molecule has 0 aliphatic heterocycles. The largest absolute Gasteiger partial charge is 0.495 e. The Kier molecular flexibility index (Phi) is 10.1. The molecule has 208 valence electrons. The third kappa shape index (κ3) is 7.38. The average Bonchev–Trinajstić information content (AvgIpc) is 2.92. The summed E-state index contributed by atoms with van der Waals surface area (Å²) in [5.74, 6) is -0.492. The molecule has 0 heterocycles. The van der Waals surface area contributed by atoms with Gasteiger partial charge >= 0.3 is 0 Å². The Balaban J connectivity index is 2.08. The highest BCUT2D eigenvalue weighted by Gasteiger charge is 2.34. The second-order valence-electron chi connectivity index (χ2n) is 9.59. The molecular formula is C30H37N3O5S. The van der Waals surface area contributed by atoms with Gasteiger partial charge < -0.3 is 15.0 Å². The lowest BCUT2D eigenvalue weighted by atomic mass is 10.1. The van der Waals surface area contributed by atoms with Gasteiger partial charge in [-0.15, -0.1) is 0 Å². The number of para-hydroxylation sites is 2. The van der Waals surface area contributed by atoms with E-state index in [0.717, 1.165) is 15.4 Å². The predicted molar refractivity (Wildman–Crippen MR) is 153 cm³/mol. The van der Waals surface area contributed by atoms with Crippen LogP contribution in [0.1, 0.15) is 38.3 Å². The zero-order valence-electron chi connectivity index (χ0n) is 23.1. The maximum absolute atomic E-state index is 14.1. The van der Waals surface area contributed by atoms with Gasteiger partial charge in [0.15, 0.2) is 0 Å². The van der Waals surface area contributed by atoms with Crippen molar-refractivity contribution >= 4 is 27.5 Å². The number of benzene rings is 3. The number of carbonyl (C=O) groups excluding carboxylic acids is 2. The van der Waals surface area contributed by atoms with Crippen molar-refractivity contribution in [2.24, 2.45) is 0 Å². The van der Waals surface area contributed by atoms with E-state index in [9.17, 15) is 18.0 Å². The Bertz CT molecular complexity index is 1360. The summed E-state index contributed by atoms with van der Waals surface area (Å²) in [7, 11) is -2.71. The molecule has 0 unspecified atom stereocenters. The maximum atomic E-state index is 14.1. The van der Waals surface area contributed by atoms with Gasteiger partial charge in [-0.25, -0.2) is 8.42 Å². The smallest absolute Gasteiger partial charge is 0.264 e. The van der Waals surface area contributed by atoms with Crippen molar-refractivity contribution in [3.63, 3.8) is 0 Å². The van der Waals surface area contributed by atoms with Gasteiger partial charge in [0.25, 0.3) is 10.0 Å². The molecular weight excluding hydrogens is 514 g/mol. The first-order valence-corrected chi connectivity index (χ1v) is 14.4. The van der Waals surface area contributed by atoms with E-state index < -0.39 is 28.5 Å². The molecule has 1 atom stereocenters. The summed E-state index contributed by atoms with van der Waals surface area (Å²) < 4.78 is 34.3. The summed E-state index contributed by atoms with van der Waals surface area (Å²) in [6.45, 7) is 7.14. The molecule has 0 aliphatic rings. The Labute approximate surface area is 231 Å². The molecule has 3 aromatic rings. The average molecular weight is 552 g/mol. The first-order chi connectivity index (χ1) is 18.6. The fourth-order valence-electron chi connectivity index (χ4n) is 4.26. The van der Waals surface area contributed by atoms with Crippen LogP contribution in [0, 0.1) is 6.92 Å². The van der Waals surface area contributed by atoms with Crippen LogP contribution >= 0.6 is 0 Å². The molecule has 0 radical (unpaired) electrons. The van der Waals surface area contributed by atoms with Crippen molar-refractivity contribution in [3.8, 4) is 5.75 Å². The predicted octanol–water partition coefficient (Wildman–Crippen LogP) is 4.53. The second kappa shape index (κ2) is 13.3. The van der Waals surface area contributed by atoms with E-state index in [1.807, 2.05) is 52.0 Å². The van der Waals surface area contributed by atoms with Gasteiger partial charge in [-0.2, -0.15) is 0 Å². The number of amides is 2. The molecule has 39 heavy (non-hydrogen) atoms. The molecule has 0 spiro atoms. The van der Waals surface area contributed by atoms with E-state index >= 15 is 0 Å². The molecule has 0 aromatic heterocycles. The van der Waals surface area contributed by atoms with Crippen LogP contribution in [0.2, 0.25) is 0 Å². The monoisotopic (exact) mass is 551 g/mol. The number of carbonyl (C=O) groups is 2. The van der Waals surface area contributed by atoms with Crippen LogP contribution in [0.3, 0.4) is 0 Å². The number of sulfonamides is 1. The van der Waals surface area contributed by atoms with Crippen LogP contribution in [0.15, 0.2) is 83.8 Å². The van der Waals surface area contributed by atoms with Crippen LogP contribution in [0.4, 0.5) is 5.69 Å². The molecule has 0 saturated heterocycles. The maximum Gasteiger partial charge on any atom is 0.264 e. The van der Waals surface area contributed by atoms with Gasteiger partial charge in [0, 0.05) is 12.6 Å². The number of methoxy groups -OCH3 is 1. The quantitative estimate of drug-likeness (QED) is 0.357. The highest BCUT2D eigenvalue weighted by molar-refractivity contribution is 7.92. The number of rotatable bonds is 12. The minimum atomic E-state index is -4.16. The number of nitrogens with zero attached hydrogens (tertiary/aromatic N) is 2. The highest BCUT2D eigenvalue weighted by atomic mass is 32.2. The summed E-state index contributed by atoms with van der Waals surface area (Å²) >= 11 is 0. The first kappa shape index (κ1) is 29.7. The molecule has 2 amide bonds. The van der Waals surface area contributed by atoms with E-state index in [0.29, 0.717) is 12.2 Å². The second-order valence-corrected chi connectivity index (χ2v) is 11.5. The molecule has 0 bridgehead atoms. The van der Waals surface area contributed by atoms with Crippen molar-refractivity contribution in [2.75, 3.05) is 18.0 Å². The summed E-state index contributed by atoms with van der Waals surface area (Å²) in [6.07, 6.45) is 0.357. The van der Waals surface area contributed by atoms with Gasteiger partial charge in [-0.3, -0.25) is 13.9 Å². The number of nitrogens with one attached hydrogen (secondary N) is 1. The lowest BCUT2D eigenvalue weighted by Gasteiger charge is -2.33. The third-order valence-corrected chi connectivity index (χ3v) is 8.03. The van der Waals surface area contributed by atoms with E-state index in [1.165, 1.54) is 24.1 Å². The number of anilines is 1. The molecule has 1 N–H and O–H groups in total. The summed E-state index contributed by atoms with van der Waals surface area (Å²) in [6, 6.07) is 21.4. The topological polar surface area (TPSA) is 96.0 Å². The van der Waals surface area contributed by atoms with Gasteiger partial charge in [0.05, 0.1) is 17.7 Å². The number of ether oxygens (including phenoxy) is 1. The standard InChI is InChI=1S/C30H37N3O5S/c1-6-26(30(35)31-22(2)3)32(20-24-18-16-23(4)17-19-24)29(34)21-33(27-14-10-11-15-28(27)38-5)39(36,37)25-12-8-7-9-13-25/h7-19,22,26H,6,20-21H2,1-5H3,(H,31,35)/t26-/m1/s1. The lowest BCUT2D eigenvalue weighted by Crippen LogP contribution is -2.53. The van der Waals surface area contributed by atoms with Gasteiger partial charge in [-0.1, -0.05) is 67.1 Å². The first-order valence-electron chi connectivity index (χ1n) is 12.9. The Morgan fingerprint density at radius 3 is 2.13 bits per heavy atom. The SMILES string of the molecule is CC[C@H](C(=O)NC(C)C)N(Cc1ccc(C)cc1)C(=O)CN(c1ccccc1OC)S(=O)(=O)c1ccccc1. The van der Waals surface area contributed by atoms with E-state index in [-0.39, 0.29) is 29.1 Å². The van der Waals surface area contributed by atoms with Crippen molar-refractivity contribution in [1.29, 1.82) is 0 Å². The van der Waals surface area contributed by atoms with Crippen LogP contribution < -0.4 is 14.4 Å². The molecule has 0 aliphatic carbocycles. The number of hydrogen-bond donors (Lipinski definition) is 1. The van der Waals surface area contributed by atoms with Crippen molar-refractivity contribution in [1.82, 2.24) is 10.2 Å². The van der Waals surface area contributed by atoms with Crippen LogP contribution in [-0.2, 0) is 26.2 Å². The minimum Gasteiger partial charge on any atom is -0.495 e. The molecule has 9 heteroatoms. The van der Waals surface area contributed by atoms with Crippen LogP contribution in [-0.4, -0.2) is 50.9 Å². The zero-order chi connectivity index (χ0) is 28.6. The lowest BCUT2D eigenvalue weighted by molar-refractivity contribution is -0.140. The molecule has 3 aromatic carbocycles. The normalized spacial score (nSPS) is 12.1. The number of aryl methyl sites for hydroxylation is 1. The van der Waals surface area contributed by atoms with Crippen molar-refractivity contribution < 1.29 is 22.7 Å². The zero-order valence-corrected chi connectivity index (χ0v) is 23.9. The Hall–Kier alpha value is -3.85. The summed E-state index contributed by atoms with van der Waals surface area (Å²) in [4.78, 5) is 28.8. The Morgan fingerprint density at radius 1 is 0.923 bits per heavy atom.